The largest absolute Gasteiger partial charge is 0.495 e. The van der Waals surface area contributed by atoms with E-state index in [1.807, 2.05) is 0 Å². The number of carboxylic acid groups (broad SMARTS) is 2. The van der Waals surface area contributed by atoms with Crippen LogP contribution in [0.2, 0.25) is 5.02 Å². The fraction of sp³-hybridized carbons (Fsp3) is 0.385. The standard InChI is InChI=1S/C9H11ClO3.2C2H4O2/c1-13-9-3-2-6(4-7(9)10)8(12)5-11;2*1-2(3)4/h2-4,8,11-12H,5H2,1H3;2*1H3,(H,3,4)/t8-;;/m1../s1. The van der Waals surface area contributed by atoms with E-state index in [9.17, 15) is 5.11 Å². The summed E-state index contributed by atoms with van der Waals surface area (Å²) < 4.78 is 4.94. The Morgan fingerprint density at radius 3 is 1.95 bits per heavy atom. The maximum Gasteiger partial charge on any atom is 0.300 e. The zero-order valence-electron chi connectivity index (χ0n) is 11.9. The van der Waals surface area contributed by atoms with E-state index in [4.69, 9.17) is 41.2 Å². The first-order valence-electron chi connectivity index (χ1n) is 5.67. The Bertz CT molecular complexity index is 428. The van der Waals surface area contributed by atoms with Crippen molar-refractivity contribution < 1.29 is 34.8 Å². The molecule has 4 N–H and O–H groups in total. The molecule has 0 saturated carbocycles. The molecular weight excluding hydrogens is 304 g/mol. The molecule has 0 aliphatic rings. The summed E-state index contributed by atoms with van der Waals surface area (Å²) in [6.45, 7) is 1.85. The van der Waals surface area contributed by atoms with E-state index < -0.39 is 18.0 Å². The molecule has 21 heavy (non-hydrogen) atoms. The van der Waals surface area contributed by atoms with Crippen molar-refractivity contribution in [2.24, 2.45) is 0 Å². The highest BCUT2D eigenvalue weighted by molar-refractivity contribution is 6.32. The second-order valence-electron chi connectivity index (χ2n) is 3.63. The molecule has 0 aliphatic heterocycles. The van der Waals surface area contributed by atoms with Crippen LogP contribution in [-0.4, -0.2) is 46.1 Å². The van der Waals surface area contributed by atoms with Crippen LogP contribution in [0.1, 0.15) is 25.5 Å². The topological polar surface area (TPSA) is 124 Å². The Hall–Kier alpha value is -1.83. The van der Waals surface area contributed by atoms with Gasteiger partial charge in [0.05, 0.1) is 18.7 Å². The van der Waals surface area contributed by atoms with Crippen molar-refractivity contribution in [3.05, 3.63) is 28.8 Å². The number of aliphatic hydroxyl groups excluding tert-OH is 2. The van der Waals surface area contributed by atoms with Crippen molar-refractivity contribution in [2.45, 2.75) is 20.0 Å². The van der Waals surface area contributed by atoms with Gasteiger partial charge in [-0.15, -0.1) is 0 Å². The van der Waals surface area contributed by atoms with Crippen molar-refractivity contribution in [1.29, 1.82) is 0 Å². The van der Waals surface area contributed by atoms with E-state index in [1.165, 1.54) is 7.11 Å². The molecule has 1 rings (SSSR count). The van der Waals surface area contributed by atoms with Gasteiger partial charge in [0.25, 0.3) is 11.9 Å². The molecule has 0 amide bonds. The molecule has 0 aromatic heterocycles. The Morgan fingerprint density at radius 1 is 1.24 bits per heavy atom. The van der Waals surface area contributed by atoms with Gasteiger partial charge in [-0.2, -0.15) is 0 Å². The number of benzene rings is 1. The number of halogens is 1. The summed E-state index contributed by atoms with van der Waals surface area (Å²) in [5.41, 5.74) is 0.577. The number of carboxylic acids is 2. The molecule has 1 aromatic carbocycles. The molecule has 0 unspecified atom stereocenters. The summed E-state index contributed by atoms with van der Waals surface area (Å²) >= 11 is 5.81. The van der Waals surface area contributed by atoms with Crippen LogP contribution in [0.5, 0.6) is 5.75 Å². The summed E-state index contributed by atoms with van der Waals surface area (Å²) in [7, 11) is 1.52. The first-order chi connectivity index (χ1) is 9.65. The average Bonchev–Trinajstić information content (AvgIpc) is 2.36. The lowest BCUT2D eigenvalue weighted by Gasteiger charge is -2.09. The second kappa shape index (κ2) is 12.0. The van der Waals surface area contributed by atoms with E-state index in [0.717, 1.165) is 13.8 Å². The quantitative estimate of drug-likeness (QED) is 0.665. The number of methoxy groups -OCH3 is 1. The highest BCUT2D eigenvalue weighted by Crippen LogP contribution is 2.27. The monoisotopic (exact) mass is 322 g/mol. The van der Waals surface area contributed by atoms with Gasteiger partial charge < -0.3 is 25.2 Å². The predicted octanol–water partition coefficient (Wildman–Crippen LogP) is 1.56. The van der Waals surface area contributed by atoms with Crippen LogP contribution in [0.15, 0.2) is 18.2 Å². The second-order valence-corrected chi connectivity index (χ2v) is 4.04. The minimum atomic E-state index is -0.886. The van der Waals surface area contributed by atoms with Crippen LogP contribution in [0, 0.1) is 0 Å². The smallest absolute Gasteiger partial charge is 0.300 e. The van der Waals surface area contributed by atoms with Gasteiger partial charge >= 0.3 is 0 Å². The third kappa shape index (κ3) is 12.9. The van der Waals surface area contributed by atoms with Gasteiger partial charge in [0.2, 0.25) is 0 Å². The minimum absolute atomic E-state index is 0.317. The van der Waals surface area contributed by atoms with Crippen LogP contribution in [0.4, 0.5) is 0 Å². The number of aliphatic carboxylic acids is 2. The van der Waals surface area contributed by atoms with E-state index >= 15 is 0 Å². The molecule has 0 fully saturated rings. The van der Waals surface area contributed by atoms with Gasteiger partial charge in [0, 0.05) is 13.8 Å². The molecular formula is C13H19ClO7. The van der Waals surface area contributed by atoms with Gasteiger partial charge in [-0.05, 0) is 17.7 Å². The van der Waals surface area contributed by atoms with Crippen molar-refractivity contribution in [3.63, 3.8) is 0 Å². The lowest BCUT2D eigenvalue weighted by Crippen LogP contribution is -2.02. The SMILES string of the molecule is CC(=O)O.CC(=O)O.COc1ccc([C@H](O)CO)cc1Cl. The first kappa shape index (κ1) is 21.5. The highest BCUT2D eigenvalue weighted by Gasteiger charge is 2.08. The third-order valence-corrected chi connectivity index (χ3v) is 2.03. The number of rotatable bonds is 3. The molecule has 0 bridgehead atoms. The molecule has 0 heterocycles. The zero-order chi connectivity index (χ0) is 17.0. The maximum atomic E-state index is 9.27. The summed E-state index contributed by atoms with van der Waals surface area (Å²) in [4.78, 5) is 18.0. The molecule has 1 aromatic rings. The molecule has 8 heteroatoms. The summed E-state index contributed by atoms with van der Waals surface area (Å²) in [5, 5.41) is 33.2. The van der Waals surface area contributed by atoms with Gasteiger partial charge in [-0.1, -0.05) is 17.7 Å². The third-order valence-electron chi connectivity index (χ3n) is 1.73. The van der Waals surface area contributed by atoms with Gasteiger partial charge in [0.15, 0.2) is 0 Å². The Labute approximate surface area is 127 Å². The van der Waals surface area contributed by atoms with Crippen molar-refractivity contribution >= 4 is 23.5 Å². The lowest BCUT2D eigenvalue weighted by atomic mass is 10.1. The molecule has 0 aliphatic carbocycles. The van der Waals surface area contributed by atoms with Crippen LogP contribution in [0.25, 0.3) is 0 Å². The maximum absolute atomic E-state index is 9.27. The summed E-state index contributed by atoms with van der Waals surface area (Å²) in [5.74, 6) is -1.12. The molecule has 120 valence electrons. The Kier molecular flexibility index (Phi) is 12.2. The Morgan fingerprint density at radius 2 is 1.67 bits per heavy atom. The van der Waals surface area contributed by atoms with Gasteiger partial charge in [0.1, 0.15) is 11.9 Å². The fourth-order valence-corrected chi connectivity index (χ4v) is 1.26. The fourth-order valence-electron chi connectivity index (χ4n) is 0.995. The first-order valence-corrected chi connectivity index (χ1v) is 6.04. The highest BCUT2D eigenvalue weighted by atomic mass is 35.5. The molecule has 1 atom stereocenters. The van der Waals surface area contributed by atoms with Gasteiger partial charge in [-0.3, -0.25) is 9.59 Å². The average molecular weight is 323 g/mol. The minimum Gasteiger partial charge on any atom is -0.495 e. The van der Waals surface area contributed by atoms with Crippen molar-refractivity contribution in [1.82, 2.24) is 0 Å². The Balaban J connectivity index is 0. The molecule has 0 spiro atoms. The van der Waals surface area contributed by atoms with Crippen LogP contribution in [-0.2, 0) is 9.59 Å². The van der Waals surface area contributed by atoms with Crippen LogP contribution in [0.3, 0.4) is 0 Å². The number of carbonyl (C=O) groups is 2. The van der Waals surface area contributed by atoms with Crippen LogP contribution < -0.4 is 4.74 Å². The number of aliphatic hydroxyl groups is 2. The zero-order valence-corrected chi connectivity index (χ0v) is 12.7. The van der Waals surface area contributed by atoms with Crippen molar-refractivity contribution in [3.8, 4) is 5.75 Å². The number of hydrogen-bond acceptors (Lipinski definition) is 5. The van der Waals surface area contributed by atoms with Crippen LogP contribution >= 0.6 is 11.6 Å². The number of hydrogen-bond donors (Lipinski definition) is 4. The lowest BCUT2D eigenvalue weighted by molar-refractivity contribution is -0.135. The summed E-state index contributed by atoms with van der Waals surface area (Å²) in [6, 6.07) is 4.88. The molecule has 0 saturated heterocycles. The van der Waals surface area contributed by atoms with Crippen molar-refractivity contribution in [2.75, 3.05) is 13.7 Å². The molecule has 0 radical (unpaired) electrons. The predicted molar refractivity (Wildman–Crippen MR) is 76.7 cm³/mol. The normalized spacial score (nSPS) is 10.2. The summed E-state index contributed by atoms with van der Waals surface area (Å²) in [6.07, 6.45) is -0.886. The molecule has 7 nitrogen and oxygen atoms in total. The van der Waals surface area contributed by atoms with E-state index in [2.05, 4.69) is 0 Å². The van der Waals surface area contributed by atoms with E-state index in [0.29, 0.717) is 16.3 Å². The van der Waals surface area contributed by atoms with E-state index in [1.54, 1.807) is 18.2 Å². The number of ether oxygens (including phenoxy) is 1. The van der Waals surface area contributed by atoms with Gasteiger partial charge in [-0.25, -0.2) is 0 Å². The van der Waals surface area contributed by atoms with E-state index in [-0.39, 0.29) is 6.61 Å².